The van der Waals surface area contributed by atoms with E-state index in [2.05, 4.69) is 27.5 Å². The van der Waals surface area contributed by atoms with E-state index < -0.39 is 16.7 Å². The molecule has 9 heteroatoms. The molecule has 1 aliphatic heterocycles. The minimum atomic E-state index is -0.899. The molecule has 1 saturated heterocycles. The maximum Gasteiger partial charge on any atom is 0.314 e. The van der Waals surface area contributed by atoms with Crippen molar-refractivity contribution < 1.29 is 14.5 Å². The first-order valence-electron chi connectivity index (χ1n) is 8.83. The number of nitro benzene ring substituents is 1. The largest absolute Gasteiger partial charge is 0.369 e. The van der Waals surface area contributed by atoms with E-state index in [0.717, 1.165) is 31.9 Å². The highest BCUT2D eigenvalue weighted by molar-refractivity contribution is 6.43. The summed E-state index contributed by atoms with van der Waals surface area (Å²) in [5.74, 6) is -1.75. The Balaban J connectivity index is 1.57. The summed E-state index contributed by atoms with van der Waals surface area (Å²) < 4.78 is 0. The van der Waals surface area contributed by atoms with Crippen molar-refractivity contribution in [2.45, 2.75) is 0 Å². The summed E-state index contributed by atoms with van der Waals surface area (Å²) in [6.45, 7) is 3.87. The second kappa shape index (κ2) is 8.49. The average Bonchev–Trinajstić information content (AvgIpc) is 2.69. The Labute approximate surface area is 162 Å². The monoisotopic (exact) mass is 383 g/mol. The second-order valence-corrected chi connectivity index (χ2v) is 6.55. The van der Waals surface area contributed by atoms with Crippen molar-refractivity contribution in [2.24, 2.45) is 0 Å². The van der Waals surface area contributed by atoms with Gasteiger partial charge < -0.3 is 20.4 Å². The van der Waals surface area contributed by atoms with Gasteiger partial charge in [-0.25, -0.2) is 0 Å². The lowest BCUT2D eigenvalue weighted by atomic mass is 10.2. The number of hydrogen-bond acceptors (Lipinski definition) is 6. The predicted octanol–water partition coefficient (Wildman–Crippen LogP) is 1.92. The Morgan fingerprint density at radius 1 is 0.929 bits per heavy atom. The summed E-state index contributed by atoms with van der Waals surface area (Å²) in [5.41, 5.74) is 1.57. The Hall–Kier alpha value is -3.46. The third-order valence-corrected chi connectivity index (χ3v) is 4.51. The van der Waals surface area contributed by atoms with Crippen LogP contribution >= 0.6 is 0 Å². The van der Waals surface area contributed by atoms with Gasteiger partial charge in [0.2, 0.25) is 0 Å². The number of amides is 2. The predicted molar refractivity (Wildman–Crippen MR) is 107 cm³/mol. The Morgan fingerprint density at radius 2 is 1.54 bits per heavy atom. The number of carbonyl (C=O) groups excluding carboxylic acids is 2. The topological polar surface area (TPSA) is 108 Å². The van der Waals surface area contributed by atoms with Crippen molar-refractivity contribution in [2.75, 3.05) is 48.8 Å². The molecule has 0 bridgehead atoms. The molecule has 2 N–H and O–H groups in total. The Kier molecular flexibility index (Phi) is 5.85. The average molecular weight is 383 g/mol. The fourth-order valence-corrected chi connectivity index (χ4v) is 2.89. The van der Waals surface area contributed by atoms with Gasteiger partial charge in [0.1, 0.15) is 0 Å². The quantitative estimate of drug-likeness (QED) is 0.474. The van der Waals surface area contributed by atoms with Gasteiger partial charge in [-0.1, -0.05) is 6.07 Å². The molecule has 1 fully saturated rings. The first-order valence-corrected chi connectivity index (χ1v) is 8.83. The number of nitro groups is 1. The summed E-state index contributed by atoms with van der Waals surface area (Å²) in [7, 11) is 2.09. The van der Waals surface area contributed by atoms with Crippen LogP contribution in [0.15, 0.2) is 48.5 Å². The summed E-state index contributed by atoms with van der Waals surface area (Å²) in [6, 6.07) is 12.7. The first-order chi connectivity index (χ1) is 13.4. The molecule has 0 unspecified atom stereocenters. The Bertz CT molecular complexity index is 876. The van der Waals surface area contributed by atoms with E-state index in [9.17, 15) is 19.7 Å². The van der Waals surface area contributed by atoms with Crippen LogP contribution in [0.1, 0.15) is 0 Å². The number of nitrogens with zero attached hydrogens (tertiary/aromatic N) is 3. The number of benzene rings is 2. The number of rotatable bonds is 4. The standard InChI is InChI=1S/C19H21N5O4/c1-22-9-11-23(12-10-22)16-7-5-14(6-8-16)20-18(25)19(26)21-15-3-2-4-17(13-15)24(27)28/h2-8,13H,9-12H2,1H3,(H,20,25)(H,21,26). The van der Waals surface area contributed by atoms with Crippen molar-refractivity contribution in [3.63, 3.8) is 0 Å². The number of piperazine rings is 1. The molecule has 0 radical (unpaired) electrons. The summed E-state index contributed by atoms with van der Waals surface area (Å²) in [6.07, 6.45) is 0. The zero-order chi connectivity index (χ0) is 20.1. The highest BCUT2D eigenvalue weighted by Crippen LogP contribution is 2.20. The molecule has 2 aromatic rings. The van der Waals surface area contributed by atoms with Gasteiger partial charge in [0.05, 0.1) is 4.92 Å². The van der Waals surface area contributed by atoms with E-state index in [-0.39, 0.29) is 11.4 Å². The molecular weight excluding hydrogens is 362 g/mol. The summed E-state index contributed by atoms with van der Waals surface area (Å²) >= 11 is 0. The van der Waals surface area contributed by atoms with Gasteiger partial charge >= 0.3 is 11.8 Å². The SMILES string of the molecule is CN1CCN(c2ccc(NC(=O)C(=O)Nc3cccc([N+](=O)[O-])c3)cc2)CC1. The minimum absolute atomic E-state index is 0.169. The molecule has 0 spiro atoms. The lowest BCUT2D eigenvalue weighted by Crippen LogP contribution is -2.44. The zero-order valence-electron chi connectivity index (χ0n) is 15.4. The molecule has 2 aromatic carbocycles. The molecule has 2 amide bonds. The number of nitrogens with one attached hydrogen (secondary N) is 2. The number of non-ortho nitro benzene ring substituents is 1. The third kappa shape index (κ3) is 4.83. The molecule has 3 rings (SSSR count). The van der Waals surface area contributed by atoms with Crippen LogP contribution in [0, 0.1) is 10.1 Å². The normalized spacial score (nSPS) is 14.4. The fraction of sp³-hybridized carbons (Fsp3) is 0.263. The van der Waals surface area contributed by atoms with Crippen molar-refractivity contribution in [3.05, 3.63) is 58.6 Å². The number of carbonyl (C=O) groups is 2. The molecule has 0 atom stereocenters. The van der Waals surface area contributed by atoms with E-state index >= 15 is 0 Å². The van der Waals surface area contributed by atoms with Crippen LogP contribution in [0.25, 0.3) is 0 Å². The Morgan fingerprint density at radius 3 is 2.14 bits per heavy atom. The van der Waals surface area contributed by atoms with Crippen LogP contribution in [0.4, 0.5) is 22.7 Å². The molecule has 1 aliphatic rings. The summed E-state index contributed by atoms with van der Waals surface area (Å²) in [5, 5.41) is 15.7. The molecule has 0 aliphatic carbocycles. The van der Waals surface area contributed by atoms with Crippen LogP contribution in [0.2, 0.25) is 0 Å². The van der Waals surface area contributed by atoms with Crippen LogP contribution in [-0.2, 0) is 9.59 Å². The van der Waals surface area contributed by atoms with Crippen LogP contribution in [0.3, 0.4) is 0 Å². The maximum atomic E-state index is 12.1. The van der Waals surface area contributed by atoms with Gasteiger partial charge in [-0.2, -0.15) is 0 Å². The lowest BCUT2D eigenvalue weighted by Gasteiger charge is -2.34. The number of anilines is 3. The molecule has 0 aromatic heterocycles. The van der Waals surface area contributed by atoms with Crippen LogP contribution in [0.5, 0.6) is 0 Å². The smallest absolute Gasteiger partial charge is 0.314 e. The van der Waals surface area contributed by atoms with Gasteiger partial charge in [-0.15, -0.1) is 0 Å². The van der Waals surface area contributed by atoms with Gasteiger partial charge in [0.25, 0.3) is 5.69 Å². The summed E-state index contributed by atoms with van der Waals surface area (Å²) in [4.78, 5) is 38.9. The lowest BCUT2D eigenvalue weighted by molar-refractivity contribution is -0.384. The fourth-order valence-electron chi connectivity index (χ4n) is 2.89. The zero-order valence-corrected chi connectivity index (χ0v) is 15.4. The molecule has 1 heterocycles. The second-order valence-electron chi connectivity index (χ2n) is 6.55. The first kappa shape index (κ1) is 19.3. The molecule has 28 heavy (non-hydrogen) atoms. The van der Waals surface area contributed by atoms with Crippen molar-refractivity contribution >= 4 is 34.6 Å². The van der Waals surface area contributed by atoms with Crippen molar-refractivity contribution in [1.29, 1.82) is 0 Å². The van der Waals surface area contributed by atoms with E-state index in [1.54, 1.807) is 12.1 Å². The van der Waals surface area contributed by atoms with Crippen molar-refractivity contribution in [1.82, 2.24) is 4.90 Å². The molecule has 146 valence electrons. The van der Waals surface area contributed by atoms with Crippen LogP contribution in [-0.4, -0.2) is 54.9 Å². The number of likely N-dealkylation sites (N-methyl/N-ethyl adjacent to an activating group) is 1. The van der Waals surface area contributed by atoms with E-state index in [0.29, 0.717) is 5.69 Å². The van der Waals surface area contributed by atoms with E-state index in [1.165, 1.54) is 24.3 Å². The van der Waals surface area contributed by atoms with Gasteiger partial charge in [0, 0.05) is 55.4 Å². The highest BCUT2D eigenvalue weighted by atomic mass is 16.6. The van der Waals surface area contributed by atoms with Crippen molar-refractivity contribution in [3.8, 4) is 0 Å². The van der Waals surface area contributed by atoms with E-state index in [4.69, 9.17) is 0 Å². The number of hydrogen-bond donors (Lipinski definition) is 2. The highest BCUT2D eigenvalue weighted by Gasteiger charge is 2.17. The molecule has 9 nitrogen and oxygen atoms in total. The van der Waals surface area contributed by atoms with E-state index in [1.807, 2.05) is 12.1 Å². The minimum Gasteiger partial charge on any atom is -0.369 e. The third-order valence-electron chi connectivity index (χ3n) is 4.51. The van der Waals surface area contributed by atoms with Gasteiger partial charge in [-0.3, -0.25) is 19.7 Å². The maximum absolute atomic E-state index is 12.1. The van der Waals surface area contributed by atoms with Gasteiger partial charge in [0.15, 0.2) is 0 Å². The van der Waals surface area contributed by atoms with Crippen LogP contribution < -0.4 is 15.5 Å². The van der Waals surface area contributed by atoms with Gasteiger partial charge in [-0.05, 0) is 37.4 Å². The molecule has 0 saturated carbocycles. The molecular formula is C19H21N5O4.